The predicted molar refractivity (Wildman–Crippen MR) is 89.4 cm³/mol. The third kappa shape index (κ3) is 4.33. The molecular weight excluding hydrogens is 316 g/mol. The van der Waals surface area contributed by atoms with E-state index in [9.17, 15) is 14.4 Å². The van der Waals surface area contributed by atoms with Gasteiger partial charge in [0, 0.05) is 19.6 Å². The minimum Gasteiger partial charge on any atom is -0.396 e. The van der Waals surface area contributed by atoms with Gasteiger partial charge in [0.15, 0.2) is 0 Å². The quantitative estimate of drug-likeness (QED) is 0.740. The van der Waals surface area contributed by atoms with Crippen molar-refractivity contribution in [3.8, 4) is 0 Å². The molecule has 2 N–H and O–H groups in total. The Morgan fingerprint density at radius 1 is 1.30 bits per heavy atom. The number of nitrogens with one attached hydrogen (secondary N) is 1. The number of aryl methyl sites for hydroxylation is 1. The summed E-state index contributed by atoms with van der Waals surface area (Å²) in [6, 6.07) is 7.27. The molecule has 1 aliphatic rings. The third-order valence-corrected chi connectivity index (χ3v) is 4.59. The van der Waals surface area contributed by atoms with Gasteiger partial charge >= 0.3 is 0 Å². The van der Waals surface area contributed by atoms with Crippen LogP contribution in [-0.2, 0) is 16.0 Å². The van der Waals surface area contributed by atoms with Gasteiger partial charge in [0.1, 0.15) is 5.25 Å². The smallest absolute Gasteiger partial charge is 0.293 e. The number of aliphatic hydroxyl groups excluding tert-OH is 1. The molecule has 0 bridgehead atoms. The summed E-state index contributed by atoms with van der Waals surface area (Å²) < 4.78 is 0. The van der Waals surface area contributed by atoms with E-state index >= 15 is 0 Å². The Bertz CT molecular complexity index is 588. The maximum Gasteiger partial charge on any atom is 0.293 e. The molecule has 1 aromatic carbocycles. The van der Waals surface area contributed by atoms with Crippen LogP contribution in [-0.4, -0.2) is 40.6 Å². The Morgan fingerprint density at radius 2 is 2.00 bits per heavy atom. The first kappa shape index (κ1) is 17.5. The fraction of sp³-hybridized carbons (Fsp3) is 0.438. The molecule has 1 unspecified atom stereocenters. The highest BCUT2D eigenvalue weighted by atomic mass is 32.2. The van der Waals surface area contributed by atoms with Crippen LogP contribution in [0.4, 0.5) is 10.5 Å². The van der Waals surface area contributed by atoms with Gasteiger partial charge in [-0.05, 0) is 42.3 Å². The van der Waals surface area contributed by atoms with Gasteiger partial charge in [-0.1, -0.05) is 19.1 Å². The average Bonchev–Trinajstić information content (AvgIpc) is 2.82. The fourth-order valence-corrected chi connectivity index (χ4v) is 3.23. The van der Waals surface area contributed by atoms with E-state index in [1.54, 1.807) is 12.1 Å². The number of carbonyl (C=O) groups is 3. The van der Waals surface area contributed by atoms with Crippen LogP contribution in [0.3, 0.4) is 0 Å². The molecule has 2 rings (SSSR count). The lowest BCUT2D eigenvalue weighted by Crippen LogP contribution is -2.34. The topological polar surface area (TPSA) is 86.7 Å². The number of hydrogen-bond donors (Lipinski definition) is 2. The summed E-state index contributed by atoms with van der Waals surface area (Å²) >= 11 is 0.881. The van der Waals surface area contributed by atoms with Crippen molar-refractivity contribution in [2.75, 3.05) is 18.1 Å². The van der Waals surface area contributed by atoms with E-state index in [0.29, 0.717) is 18.7 Å². The molecule has 1 atom stereocenters. The van der Waals surface area contributed by atoms with Crippen molar-refractivity contribution in [2.24, 2.45) is 0 Å². The van der Waals surface area contributed by atoms with E-state index in [0.717, 1.165) is 28.6 Å². The van der Waals surface area contributed by atoms with Crippen molar-refractivity contribution in [3.63, 3.8) is 0 Å². The summed E-state index contributed by atoms with van der Waals surface area (Å²) in [6.07, 6.45) is 1.31. The van der Waals surface area contributed by atoms with Crippen LogP contribution in [0.1, 0.15) is 25.3 Å². The Hall–Kier alpha value is -1.86. The molecule has 3 amide bonds. The number of benzene rings is 1. The van der Waals surface area contributed by atoms with Gasteiger partial charge in [0.25, 0.3) is 5.24 Å². The number of aliphatic hydroxyl groups is 1. The number of amides is 3. The highest BCUT2D eigenvalue weighted by Gasteiger charge is 2.41. The summed E-state index contributed by atoms with van der Waals surface area (Å²) in [5.74, 6) is -0.651. The number of anilines is 1. The Balaban J connectivity index is 2.00. The molecule has 1 saturated heterocycles. The Morgan fingerprint density at radius 3 is 2.61 bits per heavy atom. The molecular formula is C16H20N2O4S. The van der Waals surface area contributed by atoms with E-state index in [4.69, 9.17) is 5.11 Å². The molecule has 0 spiro atoms. The third-order valence-electron chi connectivity index (χ3n) is 3.55. The molecule has 0 saturated carbocycles. The number of carbonyl (C=O) groups excluding carboxylic acids is 3. The Kier molecular flexibility index (Phi) is 6.18. The van der Waals surface area contributed by atoms with E-state index in [1.807, 2.05) is 19.1 Å². The van der Waals surface area contributed by atoms with Crippen LogP contribution in [0.15, 0.2) is 24.3 Å². The second-order valence-corrected chi connectivity index (χ2v) is 6.35. The van der Waals surface area contributed by atoms with E-state index < -0.39 is 5.25 Å². The molecule has 1 fully saturated rings. The van der Waals surface area contributed by atoms with Crippen molar-refractivity contribution in [3.05, 3.63) is 29.8 Å². The lowest BCUT2D eigenvalue weighted by atomic mass is 10.1. The molecule has 6 nitrogen and oxygen atoms in total. The van der Waals surface area contributed by atoms with Crippen molar-refractivity contribution in [1.29, 1.82) is 0 Å². The first-order valence-corrected chi connectivity index (χ1v) is 8.45. The van der Waals surface area contributed by atoms with Crippen molar-refractivity contribution < 1.29 is 19.5 Å². The van der Waals surface area contributed by atoms with E-state index in [-0.39, 0.29) is 30.1 Å². The second kappa shape index (κ2) is 8.12. The lowest BCUT2D eigenvalue weighted by Gasteiger charge is -2.14. The maximum atomic E-state index is 12.4. The van der Waals surface area contributed by atoms with Crippen LogP contribution < -0.4 is 10.2 Å². The van der Waals surface area contributed by atoms with Gasteiger partial charge in [-0.2, -0.15) is 0 Å². The summed E-state index contributed by atoms with van der Waals surface area (Å²) in [6.45, 7) is 2.39. The zero-order valence-electron chi connectivity index (χ0n) is 12.9. The summed E-state index contributed by atoms with van der Waals surface area (Å²) in [5, 5.41) is 10.3. The zero-order chi connectivity index (χ0) is 16.8. The van der Waals surface area contributed by atoms with Crippen molar-refractivity contribution >= 4 is 34.5 Å². The molecule has 1 aromatic rings. The van der Waals surface area contributed by atoms with Crippen LogP contribution >= 0.6 is 11.8 Å². The lowest BCUT2D eigenvalue weighted by molar-refractivity contribution is -0.124. The van der Waals surface area contributed by atoms with Crippen LogP contribution in [0.5, 0.6) is 0 Å². The van der Waals surface area contributed by atoms with Gasteiger partial charge in [-0.15, -0.1) is 0 Å². The monoisotopic (exact) mass is 336 g/mol. The molecule has 1 heterocycles. The molecule has 0 radical (unpaired) electrons. The Labute approximate surface area is 139 Å². The molecule has 7 heteroatoms. The summed E-state index contributed by atoms with van der Waals surface area (Å²) in [4.78, 5) is 37.4. The van der Waals surface area contributed by atoms with Gasteiger partial charge < -0.3 is 10.4 Å². The molecule has 0 aromatic heterocycles. The largest absolute Gasteiger partial charge is 0.396 e. The SMILES string of the molecule is CCc1ccc(N2C(=O)SC(CC(=O)NCCCO)C2=O)cc1. The standard InChI is InChI=1S/C16H20N2O4S/c1-2-11-4-6-12(7-5-11)18-15(21)13(23-16(18)22)10-14(20)17-8-3-9-19/h4-7,13,19H,2-3,8-10H2,1H3,(H,17,20). The molecule has 1 aliphatic heterocycles. The highest BCUT2D eigenvalue weighted by molar-refractivity contribution is 8.15. The van der Waals surface area contributed by atoms with Gasteiger partial charge in [-0.3, -0.25) is 14.4 Å². The fourth-order valence-electron chi connectivity index (χ4n) is 2.25. The van der Waals surface area contributed by atoms with E-state index in [2.05, 4.69) is 5.32 Å². The molecule has 23 heavy (non-hydrogen) atoms. The summed E-state index contributed by atoms with van der Waals surface area (Å²) in [7, 11) is 0. The zero-order valence-corrected chi connectivity index (χ0v) is 13.8. The molecule has 124 valence electrons. The maximum absolute atomic E-state index is 12.4. The van der Waals surface area contributed by atoms with Crippen LogP contribution in [0.2, 0.25) is 0 Å². The second-order valence-electron chi connectivity index (χ2n) is 5.20. The molecule has 0 aliphatic carbocycles. The first-order valence-electron chi connectivity index (χ1n) is 7.58. The number of nitrogens with zero attached hydrogens (tertiary/aromatic N) is 1. The predicted octanol–water partition coefficient (Wildman–Crippen LogP) is 1.71. The van der Waals surface area contributed by atoms with Crippen LogP contribution in [0.25, 0.3) is 0 Å². The first-order chi connectivity index (χ1) is 11.1. The number of imide groups is 1. The van der Waals surface area contributed by atoms with Gasteiger partial charge in [0.05, 0.1) is 5.69 Å². The van der Waals surface area contributed by atoms with Crippen LogP contribution in [0, 0.1) is 0 Å². The summed E-state index contributed by atoms with van der Waals surface area (Å²) in [5.41, 5.74) is 1.66. The number of thioether (sulfide) groups is 1. The highest BCUT2D eigenvalue weighted by Crippen LogP contribution is 2.33. The van der Waals surface area contributed by atoms with Crippen molar-refractivity contribution in [2.45, 2.75) is 31.4 Å². The van der Waals surface area contributed by atoms with E-state index in [1.165, 1.54) is 0 Å². The van der Waals surface area contributed by atoms with Gasteiger partial charge in [0.2, 0.25) is 11.8 Å². The minimum absolute atomic E-state index is 0.00257. The average molecular weight is 336 g/mol. The number of rotatable bonds is 7. The normalized spacial score (nSPS) is 17.7. The van der Waals surface area contributed by atoms with Gasteiger partial charge in [-0.25, -0.2) is 4.90 Å². The van der Waals surface area contributed by atoms with Crippen molar-refractivity contribution in [1.82, 2.24) is 5.32 Å². The minimum atomic E-state index is -0.692. The number of hydrogen-bond acceptors (Lipinski definition) is 5.